The van der Waals surface area contributed by atoms with Gasteiger partial charge in [-0.25, -0.2) is 0 Å². The molecule has 0 aliphatic rings. The molecule has 0 saturated carbocycles. The fourth-order valence-electron chi connectivity index (χ4n) is 1.76. The molecular weight excluding hydrogens is 306 g/mol. The van der Waals surface area contributed by atoms with Gasteiger partial charge in [0, 0.05) is 23.7 Å². The van der Waals surface area contributed by atoms with Crippen LogP contribution < -0.4 is 16.0 Å². The molecule has 1 aromatic carbocycles. The van der Waals surface area contributed by atoms with Crippen molar-refractivity contribution in [2.75, 3.05) is 16.0 Å². The zero-order valence-electron chi connectivity index (χ0n) is 14.2. The normalized spacial score (nSPS) is 10.8. The van der Waals surface area contributed by atoms with Crippen LogP contribution in [0.3, 0.4) is 0 Å². The van der Waals surface area contributed by atoms with Crippen LogP contribution in [0.1, 0.15) is 27.7 Å². The smallest absolute Gasteiger partial charge is 0.230 e. The van der Waals surface area contributed by atoms with Crippen LogP contribution in [0, 0.1) is 5.41 Å². The van der Waals surface area contributed by atoms with Gasteiger partial charge in [0.25, 0.3) is 0 Å². The number of carbonyl (C=O) groups excluding carboxylic acids is 2. The van der Waals surface area contributed by atoms with Crippen molar-refractivity contribution in [1.29, 1.82) is 0 Å². The van der Waals surface area contributed by atoms with Crippen LogP contribution in [0.15, 0.2) is 36.4 Å². The largest absolute Gasteiger partial charge is 0.339 e. The van der Waals surface area contributed by atoms with Gasteiger partial charge in [0.15, 0.2) is 11.6 Å². The molecule has 0 saturated heterocycles. The minimum atomic E-state index is -0.492. The third-order valence-corrected chi connectivity index (χ3v) is 3.07. The van der Waals surface area contributed by atoms with Crippen LogP contribution in [0.5, 0.6) is 0 Å². The molecule has 1 aromatic heterocycles. The summed E-state index contributed by atoms with van der Waals surface area (Å²) in [7, 11) is 0. The monoisotopic (exact) mass is 327 g/mol. The lowest BCUT2D eigenvalue weighted by Crippen LogP contribution is -2.28. The molecule has 0 bridgehead atoms. The van der Waals surface area contributed by atoms with Crippen LogP contribution in [0.25, 0.3) is 0 Å². The predicted molar refractivity (Wildman–Crippen MR) is 94.1 cm³/mol. The molecule has 7 heteroatoms. The Hall–Kier alpha value is -2.96. The molecule has 0 radical (unpaired) electrons. The standard InChI is InChI=1S/C17H21N5O2/c1-11(23)18-12-5-7-13(8-6-12)19-14-9-10-15(22-21-14)20-16(24)17(2,3)4/h5-10H,1-4H3,(H,18,23)(H,19,21)(H,20,22,24). The highest BCUT2D eigenvalue weighted by atomic mass is 16.2. The van der Waals surface area contributed by atoms with Crippen LogP contribution in [0.4, 0.5) is 23.0 Å². The van der Waals surface area contributed by atoms with Crippen molar-refractivity contribution in [3.05, 3.63) is 36.4 Å². The molecule has 126 valence electrons. The van der Waals surface area contributed by atoms with E-state index in [1.807, 2.05) is 32.9 Å². The lowest BCUT2D eigenvalue weighted by atomic mass is 9.96. The van der Waals surface area contributed by atoms with E-state index in [-0.39, 0.29) is 11.8 Å². The zero-order chi connectivity index (χ0) is 17.7. The fraction of sp³-hybridized carbons (Fsp3) is 0.294. The van der Waals surface area contributed by atoms with E-state index >= 15 is 0 Å². The van der Waals surface area contributed by atoms with Crippen molar-refractivity contribution in [2.24, 2.45) is 5.41 Å². The molecule has 0 atom stereocenters. The molecule has 1 heterocycles. The summed E-state index contributed by atoms with van der Waals surface area (Å²) in [6, 6.07) is 10.6. The van der Waals surface area contributed by atoms with Gasteiger partial charge in [0.05, 0.1) is 0 Å². The summed E-state index contributed by atoms with van der Waals surface area (Å²) in [4.78, 5) is 22.9. The van der Waals surface area contributed by atoms with Crippen molar-refractivity contribution in [3.63, 3.8) is 0 Å². The second-order valence-corrected chi connectivity index (χ2v) is 6.39. The molecule has 0 spiro atoms. The topological polar surface area (TPSA) is 96.0 Å². The Bertz CT molecular complexity index is 718. The number of amides is 2. The molecule has 2 aromatic rings. The summed E-state index contributed by atoms with van der Waals surface area (Å²) >= 11 is 0. The summed E-state index contributed by atoms with van der Waals surface area (Å²) < 4.78 is 0. The van der Waals surface area contributed by atoms with Gasteiger partial charge in [0.1, 0.15) is 0 Å². The van der Waals surface area contributed by atoms with Gasteiger partial charge in [-0.1, -0.05) is 20.8 Å². The molecule has 3 N–H and O–H groups in total. The van der Waals surface area contributed by atoms with E-state index in [0.717, 1.165) is 11.4 Å². The van der Waals surface area contributed by atoms with Crippen molar-refractivity contribution in [3.8, 4) is 0 Å². The highest BCUT2D eigenvalue weighted by Crippen LogP contribution is 2.19. The van der Waals surface area contributed by atoms with Crippen LogP contribution in [0.2, 0.25) is 0 Å². The third-order valence-electron chi connectivity index (χ3n) is 3.07. The average Bonchev–Trinajstić information content (AvgIpc) is 2.50. The van der Waals surface area contributed by atoms with E-state index in [2.05, 4.69) is 26.1 Å². The molecule has 0 aliphatic carbocycles. The van der Waals surface area contributed by atoms with Gasteiger partial charge in [-0.2, -0.15) is 0 Å². The quantitative estimate of drug-likeness (QED) is 0.801. The molecule has 0 fully saturated rings. The Morgan fingerprint density at radius 2 is 1.38 bits per heavy atom. The minimum Gasteiger partial charge on any atom is -0.339 e. The lowest BCUT2D eigenvalue weighted by Gasteiger charge is -2.16. The second-order valence-electron chi connectivity index (χ2n) is 6.39. The predicted octanol–water partition coefficient (Wildman–Crippen LogP) is 3.16. The fourth-order valence-corrected chi connectivity index (χ4v) is 1.76. The SMILES string of the molecule is CC(=O)Nc1ccc(Nc2ccc(NC(=O)C(C)(C)C)nn2)cc1. The average molecular weight is 327 g/mol. The van der Waals surface area contributed by atoms with E-state index in [1.165, 1.54) is 6.92 Å². The Balaban J connectivity index is 1.98. The van der Waals surface area contributed by atoms with Gasteiger partial charge >= 0.3 is 0 Å². The summed E-state index contributed by atoms with van der Waals surface area (Å²) in [6.07, 6.45) is 0. The highest BCUT2D eigenvalue weighted by Gasteiger charge is 2.21. The number of hydrogen-bond acceptors (Lipinski definition) is 5. The van der Waals surface area contributed by atoms with Crippen LogP contribution in [-0.4, -0.2) is 22.0 Å². The maximum absolute atomic E-state index is 11.9. The van der Waals surface area contributed by atoms with Crippen LogP contribution >= 0.6 is 0 Å². The summed E-state index contributed by atoms with van der Waals surface area (Å²) in [5, 5.41) is 16.5. The van der Waals surface area contributed by atoms with Crippen LogP contribution in [-0.2, 0) is 9.59 Å². The number of benzene rings is 1. The van der Waals surface area contributed by atoms with Crippen molar-refractivity contribution >= 4 is 34.8 Å². The molecular formula is C17H21N5O2. The number of anilines is 4. The minimum absolute atomic E-state index is 0.116. The molecule has 7 nitrogen and oxygen atoms in total. The van der Waals surface area contributed by atoms with Crippen molar-refractivity contribution < 1.29 is 9.59 Å². The van der Waals surface area contributed by atoms with E-state index < -0.39 is 5.41 Å². The Labute approximate surface area is 140 Å². The number of nitrogens with zero attached hydrogens (tertiary/aromatic N) is 2. The van der Waals surface area contributed by atoms with E-state index in [1.54, 1.807) is 24.3 Å². The maximum atomic E-state index is 11.9. The first-order valence-corrected chi connectivity index (χ1v) is 7.54. The lowest BCUT2D eigenvalue weighted by molar-refractivity contribution is -0.123. The number of hydrogen-bond donors (Lipinski definition) is 3. The van der Waals surface area contributed by atoms with Gasteiger partial charge in [-0.15, -0.1) is 10.2 Å². The number of nitrogens with one attached hydrogen (secondary N) is 3. The van der Waals surface area contributed by atoms with Crippen molar-refractivity contribution in [2.45, 2.75) is 27.7 Å². The second kappa shape index (κ2) is 7.08. The third kappa shape index (κ3) is 5.05. The Morgan fingerprint density at radius 1 is 0.833 bits per heavy atom. The van der Waals surface area contributed by atoms with E-state index in [4.69, 9.17) is 0 Å². The molecule has 2 amide bonds. The zero-order valence-corrected chi connectivity index (χ0v) is 14.2. The molecule has 0 aliphatic heterocycles. The van der Waals surface area contributed by atoms with E-state index in [0.29, 0.717) is 11.6 Å². The number of carbonyl (C=O) groups is 2. The number of rotatable bonds is 4. The summed E-state index contributed by atoms with van der Waals surface area (Å²) in [5.41, 5.74) is 1.04. The Morgan fingerprint density at radius 3 is 1.88 bits per heavy atom. The first kappa shape index (κ1) is 17.4. The van der Waals surface area contributed by atoms with Gasteiger partial charge in [0.2, 0.25) is 11.8 Å². The molecule has 24 heavy (non-hydrogen) atoms. The molecule has 2 rings (SSSR count). The van der Waals surface area contributed by atoms with Gasteiger partial charge in [-0.05, 0) is 36.4 Å². The summed E-state index contributed by atoms with van der Waals surface area (Å²) in [6.45, 7) is 6.95. The highest BCUT2D eigenvalue weighted by molar-refractivity contribution is 5.93. The summed E-state index contributed by atoms with van der Waals surface area (Å²) in [5.74, 6) is 0.720. The molecule has 0 unspecified atom stereocenters. The van der Waals surface area contributed by atoms with Gasteiger partial charge in [-0.3, -0.25) is 9.59 Å². The van der Waals surface area contributed by atoms with Crippen molar-refractivity contribution in [1.82, 2.24) is 10.2 Å². The Kier molecular flexibility index (Phi) is 5.13. The van der Waals surface area contributed by atoms with E-state index in [9.17, 15) is 9.59 Å². The first-order chi connectivity index (χ1) is 11.2. The van der Waals surface area contributed by atoms with Gasteiger partial charge < -0.3 is 16.0 Å². The first-order valence-electron chi connectivity index (χ1n) is 7.54. The number of aromatic nitrogens is 2. The maximum Gasteiger partial charge on any atom is 0.230 e.